The van der Waals surface area contributed by atoms with Crippen LogP contribution in [0.3, 0.4) is 0 Å². The van der Waals surface area contributed by atoms with Crippen LogP contribution in [-0.2, 0) is 6.54 Å². The number of nitrogens with one attached hydrogen (secondary N) is 1. The van der Waals surface area contributed by atoms with Gasteiger partial charge < -0.3 is 10.2 Å². The molecule has 0 aliphatic carbocycles. The van der Waals surface area contributed by atoms with Crippen molar-refractivity contribution in [3.63, 3.8) is 0 Å². The summed E-state index contributed by atoms with van der Waals surface area (Å²) in [5.41, 5.74) is 1.03. The minimum Gasteiger partial charge on any atom is -0.308 e. The number of hydrogen-bond donors (Lipinski definition) is 1. The highest BCUT2D eigenvalue weighted by Crippen LogP contribution is 2.11. The quantitative estimate of drug-likeness (QED) is 0.863. The van der Waals surface area contributed by atoms with Crippen molar-refractivity contribution in [1.29, 1.82) is 0 Å². The van der Waals surface area contributed by atoms with Crippen molar-refractivity contribution in [2.45, 2.75) is 45.2 Å². The Morgan fingerprint density at radius 1 is 1.39 bits per heavy atom. The number of hydrogen-bond acceptors (Lipinski definition) is 4. The lowest BCUT2D eigenvalue weighted by Crippen LogP contribution is -2.31. The summed E-state index contributed by atoms with van der Waals surface area (Å²) < 4.78 is 0. The predicted molar refractivity (Wildman–Crippen MR) is 73.2 cm³/mol. The molecule has 4 heteroatoms. The van der Waals surface area contributed by atoms with Gasteiger partial charge in [-0.05, 0) is 57.5 Å². The lowest BCUT2D eigenvalue weighted by atomic mass is 10.1. The molecule has 1 aromatic heterocycles. The minimum absolute atomic E-state index is 0.633. The Hall–Kier alpha value is -1.00. The second kappa shape index (κ2) is 7.44. The number of rotatable bonds is 5. The fourth-order valence-electron chi connectivity index (χ4n) is 2.58. The smallest absolute Gasteiger partial charge is 0.0769 e. The average Bonchev–Trinajstić information content (AvgIpc) is 2.64. The van der Waals surface area contributed by atoms with Crippen LogP contribution in [0.1, 0.15) is 38.3 Å². The number of nitrogens with zero attached hydrogens (tertiary/aromatic N) is 3. The van der Waals surface area contributed by atoms with Gasteiger partial charge in [-0.1, -0.05) is 6.92 Å². The fraction of sp³-hybridized carbons (Fsp3) is 0.714. The van der Waals surface area contributed by atoms with Crippen molar-refractivity contribution in [2.75, 3.05) is 19.6 Å². The van der Waals surface area contributed by atoms with Crippen molar-refractivity contribution in [1.82, 2.24) is 20.4 Å². The molecule has 2 rings (SSSR count). The second-order valence-electron chi connectivity index (χ2n) is 5.07. The number of aromatic nitrogens is 2. The van der Waals surface area contributed by atoms with Gasteiger partial charge in [0.1, 0.15) is 0 Å². The zero-order valence-electron chi connectivity index (χ0n) is 11.3. The maximum Gasteiger partial charge on any atom is 0.0769 e. The van der Waals surface area contributed by atoms with Gasteiger partial charge in [0.2, 0.25) is 0 Å². The zero-order chi connectivity index (χ0) is 12.6. The summed E-state index contributed by atoms with van der Waals surface area (Å²) in [4.78, 5) is 2.59. The first-order chi connectivity index (χ1) is 8.88. The normalized spacial score (nSPS) is 21.7. The van der Waals surface area contributed by atoms with E-state index in [0.717, 1.165) is 12.2 Å². The van der Waals surface area contributed by atoms with E-state index in [-0.39, 0.29) is 0 Å². The Labute approximate surface area is 110 Å². The molecule has 18 heavy (non-hydrogen) atoms. The van der Waals surface area contributed by atoms with Gasteiger partial charge in [-0.2, -0.15) is 10.2 Å². The van der Waals surface area contributed by atoms with Gasteiger partial charge in [0.15, 0.2) is 0 Å². The molecule has 4 nitrogen and oxygen atoms in total. The van der Waals surface area contributed by atoms with Crippen LogP contribution in [0.5, 0.6) is 0 Å². The number of likely N-dealkylation sites (tertiary alicyclic amines) is 1. The van der Waals surface area contributed by atoms with E-state index in [4.69, 9.17) is 0 Å². The zero-order valence-corrected chi connectivity index (χ0v) is 11.3. The Morgan fingerprint density at radius 2 is 2.33 bits per heavy atom. The van der Waals surface area contributed by atoms with Crippen LogP contribution in [0.2, 0.25) is 0 Å². The summed E-state index contributed by atoms with van der Waals surface area (Å²) in [7, 11) is 0. The summed E-state index contributed by atoms with van der Waals surface area (Å²) in [6, 6.07) is 4.61. The van der Waals surface area contributed by atoms with Gasteiger partial charge in [0, 0.05) is 18.8 Å². The van der Waals surface area contributed by atoms with E-state index >= 15 is 0 Å². The first-order valence-corrected chi connectivity index (χ1v) is 7.11. The molecule has 1 saturated heterocycles. The van der Waals surface area contributed by atoms with Crippen LogP contribution in [0.4, 0.5) is 0 Å². The highest BCUT2D eigenvalue weighted by atomic mass is 15.1. The van der Waals surface area contributed by atoms with Gasteiger partial charge in [-0.3, -0.25) is 0 Å². The molecule has 0 spiro atoms. The molecule has 2 heterocycles. The largest absolute Gasteiger partial charge is 0.308 e. The Balaban J connectivity index is 1.73. The van der Waals surface area contributed by atoms with E-state index in [0.29, 0.717) is 6.04 Å². The SMILES string of the molecule is CCCN1CCCC(NCc2cccnn2)CC1. The summed E-state index contributed by atoms with van der Waals surface area (Å²) >= 11 is 0. The van der Waals surface area contributed by atoms with Crippen LogP contribution < -0.4 is 5.32 Å². The molecule has 100 valence electrons. The molecule has 1 atom stereocenters. The summed E-state index contributed by atoms with van der Waals surface area (Å²) in [5, 5.41) is 11.6. The molecular formula is C14H24N4. The molecule has 1 unspecified atom stereocenters. The molecular weight excluding hydrogens is 224 g/mol. The monoisotopic (exact) mass is 248 g/mol. The molecule has 1 fully saturated rings. The van der Waals surface area contributed by atoms with Crippen LogP contribution in [0.25, 0.3) is 0 Å². The lowest BCUT2D eigenvalue weighted by molar-refractivity contribution is 0.282. The molecule has 0 radical (unpaired) electrons. The van der Waals surface area contributed by atoms with Crippen LogP contribution in [0, 0.1) is 0 Å². The van der Waals surface area contributed by atoms with Crippen molar-refractivity contribution < 1.29 is 0 Å². The highest BCUT2D eigenvalue weighted by Gasteiger charge is 2.15. The van der Waals surface area contributed by atoms with Crippen molar-refractivity contribution in [3.05, 3.63) is 24.0 Å². The summed E-state index contributed by atoms with van der Waals surface area (Å²) in [5.74, 6) is 0. The van der Waals surface area contributed by atoms with Gasteiger partial charge >= 0.3 is 0 Å². The molecule has 1 aliphatic rings. The maximum absolute atomic E-state index is 4.11. The van der Waals surface area contributed by atoms with E-state index in [9.17, 15) is 0 Å². The Kier molecular flexibility index (Phi) is 5.55. The standard InChI is InChI=1S/C14H24N4/c1-2-9-18-10-4-6-13(7-11-18)15-12-14-5-3-8-16-17-14/h3,5,8,13,15H,2,4,6-7,9-12H2,1H3. The van der Waals surface area contributed by atoms with Gasteiger partial charge in [0.05, 0.1) is 5.69 Å². The minimum atomic E-state index is 0.633. The molecule has 0 bridgehead atoms. The maximum atomic E-state index is 4.11. The third-order valence-electron chi connectivity index (χ3n) is 3.56. The average molecular weight is 248 g/mol. The van der Waals surface area contributed by atoms with Gasteiger partial charge in [-0.15, -0.1) is 0 Å². The molecule has 0 aromatic carbocycles. The summed E-state index contributed by atoms with van der Waals surface area (Å²) in [6.45, 7) is 6.83. The van der Waals surface area contributed by atoms with Crippen LogP contribution in [-0.4, -0.2) is 40.8 Å². The van der Waals surface area contributed by atoms with E-state index in [2.05, 4.69) is 27.3 Å². The van der Waals surface area contributed by atoms with Gasteiger partial charge in [-0.25, -0.2) is 0 Å². The van der Waals surface area contributed by atoms with Crippen LogP contribution in [0.15, 0.2) is 18.3 Å². The molecule has 1 aliphatic heterocycles. The molecule has 1 aromatic rings. The van der Waals surface area contributed by atoms with Crippen LogP contribution >= 0.6 is 0 Å². The van der Waals surface area contributed by atoms with E-state index in [1.165, 1.54) is 45.3 Å². The highest BCUT2D eigenvalue weighted by molar-refractivity contribution is 4.98. The van der Waals surface area contributed by atoms with Gasteiger partial charge in [0.25, 0.3) is 0 Å². The topological polar surface area (TPSA) is 41.0 Å². The lowest BCUT2D eigenvalue weighted by Gasteiger charge is -2.19. The fourth-order valence-corrected chi connectivity index (χ4v) is 2.58. The molecule has 1 N–H and O–H groups in total. The molecule has 0 amide bonds. The first kappa shape index (κ1) is 13.4. The second-order valence-corrected chi connectivity index (χ2v) is 5.07. The third-order valence-corrected chi connectivity index (χ3v) is 3.56. The predicted octanol–water partition coefficient (Wildman–Crippen LogP) is 1.83. The summed E-state index contributed by atoms with van der Waals surface area (Å²) in [6.07, 6.45) is 6.81. The third kappa shape index (κ3) is 4.35. The van der Waals surface area contributed by atoms with E-state index in [1.54, 1.807) is 6.20 Å². The molecule has 0 saturated carbocycles. The van der Waals surface area contributed by atoms with Crippen molar-refractivity contribution >= 4 is 0 Å². The van der Waals surface area contributed by atoms with E-state index in [1.807, 2.05) is 12.1 Å². The van der Waals surface area contributed by atoms with Crippen molar-refractivity contribution in [2.24, 2.45) is 0 Å². The van der Waals surface area contributed by atoms with E-state index < -0.39 is 0 Å². The van der Waals surface area contributed by atoms with Crippen molar-refractivity contribution in [3.8, 4) is 0 Å². The first-order valence-electron chi connectivity index (χ1n) is 7.11. The Bertz CT molecular complexity index is 328. The Morgan fingerprint density at radius 3 is 3.11 bits per heavy atom.